The minimum atomic E-state index is -4.46. The van der Waals surface area contributed by atoms with Gasteiger partial charge in [-0.05, 0) is 42.5 Å². The summed E-state index contributed by atoms with van der Waals surface area (Å²) in [5.74, 6) is 1.38. The summed E-state index contributed by atoms with van der Waals surface area (Å²) < 4.78 is 50.3. The maximum absolute atomic E-state index is 13.1. The zero-order chi connectivity index (χ0) is 20.4. The van der Waals surface area contributed by atoms with E-state index in [0.29, 0.717) is 28.3 Å². The van der Waals surface area contributed by atoms with E-state index in [0.717, 1.165) is 12.1 Å². The van der Waals surface area contributed by atoms with E-state index >= 15 is 0 Å². The van der Waals surface area contributed by atoms with Gasteiger partial charge in [-0.25, -0.2) is 9.97 Å². The molecule has 0 saturated heterocycles. The molecule has 0 aliphatic carbocycles. The highest BCUT2D eigenvalue weighted by molar-refractivity contribution is 5.80. The molecule has 146 valence electrons. The van der Waals surface area contributed by atoms with E-state index in [9.17, 15) is 13.2 Å². The number of fused-ring (bicyclic) bond motifs is 1. The standard InChI is InChI=1S/C22H15F3N2O2/c1-28-16-8-10-17(11-9-16)29-21-20(14-5-3-2-4-6-14)26-19-13-15(22(23,24)25)7-12-18(19)27-21/h2-13H,1H3. The van der Waals surface area contributed by atoms with Crippen molar-refractivity contribution < 1.29 is 22.6 Å². The van der Waals surface area contributed by atoms with Crippen molar-refractivity contribution >= 4 is 11.0 Å². The topological polar surface area (TPSA) is 44.2 Å². The number of alkyl halides is 3. The molecule has 4 nitrogen and oxygen atoms in total. The summed E-state index contributed by atoms with van der Waals surface area (Å²) in [7, 11) is 1.56. The molecule has 0 spiro atoms. The largest absolute Gasteiger partial charge is 0.497 e. The van der Waals surface area contributed by atoms with Crippen molar-refractivity contribution in [1.82, 2.24) is 9.97 Å². The highest BCUT2D eigenvalue weighted by Crippen LogP contribution is 2.35. The Morgan fingerprint density at radius 2 is 1.45 bits per heavy atom. The number of halogens is 3. The summed E-state index contributed by atoms with van der Waals surface area (Å²) in [6.45, 7) is 0. The number of methoxy groups -OCH3 is 1. The van der Waals surface area contributed by atoms with Crippen molar-refractivity contribution in [2.45, 2.75) is 6.18 Å². The van der Waals surface area contributed by atoms with Crippen molar-refractivity contribution in [2.24, 2.45) is 0 Å². The van der Waals surface area contributed by atoms with Gasteiger partial charge in [-0.3, -0.25) is 0 Å². The first-order valence-electron chi connectivity index (χ1n) is 8.70. The predicted molar refractivity (Wildman–Crippen MR) is 103 cm³/mol. The minimum Gasteiger partial charge on any atom is -0.497 e. The molecule has 1 aromatic heterocycles. The molecule has 0 radical (unpaired) electrons. The van der Waals surface area contributed by atoms with Gasteiger partial charge in [0.25, 0.3) is 0 Å². The summed E-state index contributed by atoms with van der Waals surface area (Å²) in [6, 6.07) is 19.2. The average Bonchev–Trinajstić information content (AvgIpc) is 2.73. The maximum Gasteiger partial charge on any atom is 0.416 e. The van der Waals surface area contributed by atoms with Gasteiger partial charge in [0.1, 0.15) is 17.2 Å². The third-order valence-electron chi connectivity index (χ3n) is 4.28. The SMILES string of the molecule is COc1ccc(Oc2nc3ccc(C(F)(F)F)cc3nc2-c2ccccc2)cc1. The number of hydrogen-bond donors (Lipinski definition) is 0. The van der Waals surface area contributed by atoms with Crippen LogP contribution in [0, 0.1) is 0 Å². The van der Waals surface area contributed by atoms with E-state index in [4.69, 9.17) is 9.47 Å². The Labute approximate surface area is 164 Å². The Kier molecular flexibility index (Phi) is 4.80. The van der Waals surface area contributed by atoms with Crippen LogP contribution < -0.4 is 9.47 Å². The van der Waals surface area contributed by atoms with Crippen LogP contribution in [0.25, 0.3) is 22.3 Å². The quantitative estimate of drug-likeness (QED) is 0.417. The van der Waals surface area contributed by atoms with E-state index in [1.165, 1.54) is 6.07 Å². The third kappa shape index (κ3) is 3.99. The van der Waals surface area contributed by atoms with Gasteiger partial charge in [-0.2, -0.15) is 13.2 Å². The Balaban J connectivity index is 1.84. The molecule has 0 fully saturated rings. The Hall–Kier alpha value is -3.61. The molecular weight excluding hydrogens is 381 g/mol. The number of benzene rings is 3. The molecule has 0 atom stereocenters. The monoisotopic (exact) mass is 396 g/mol. The molecule has 0 aliphatic rings. The second-order valence-corrected chi connectivity index (χ2v) is 6.22. The number of hydrogen-bond acceptors (Lipinski definition) is 4. The lowest BCUT2D eigenvalue weighted by Gasteiger charge is -2.13. The first kappa shape index (κ1) is 18.7. The fourth-order valence-corrected chi connectivity index (χ4v) is 2.83. The molecule has 0 aliphatic heterocycles. The molecule has 4 rings (SSSR count). The summed E-state index contributed by atoms with van der Waals surface area (Å²) in [4.78, 5) is 8.87. The number of aromatic nitrogens is 2. The van der Waals surface area contributed by atoms with Crippen LogP contribution in [0.3, 0.4) is 0 Å². The smallest absolute Gasteiger partial charge is 0.416 e. The van der Waals surface area contributed by atoms with Crippen LogP contribution in [0.15, 0.2) is 72.8 Å². The summed E-state index contributed by atoms with van der Waals surface area (Å²) >= 11 is 0. The number of nitrogens with zero attached hydrogens (tertiary/aromatic N) is 2. The fraction of sp³-hybridized carbons (Fsp3) is 0.0909. The first-order valence-corrected chi connectivity index (χ1v) is 8.70. The molecule has 0 amide bonds. The van der Waals surface area contributed by atoms with Crippen LogP contribution >= 0.6 is 0 Å². The van der Waals surface area contributed by atoms with Crippen molar-refractivity contribution in [1.29, 1.82) is 0 Å². The van der Waals surface area contributed by atoms with Gasteiger partial charge < -0.3 is 9.47 Å². The highest BCUT2D eigenvalue weighted by atomic mass is 19.4. The van der Waals surface area contributed by atoms with Crippen LogP contribution in [0.2, 0.25) is 0 Å². The first-order chi connectivity index (χ1) is 13.9. The number of ether oxygens (including phenoxy) is 2. The molecule has 0 N–H and O–H groups in total. The number of rotatable bonds is 4. The lowest BCUT2D eigenvalue weighted by Crippen LogP contribution is -2.05. The van der Waals surface area contributed by atoms with Gasteiger partial charge in [-0.1, -0.05) is 30.3 Å². The van der Waals surface area contributed by atoms with Crippen LogP contribution in [0.4, 0.5) is 13.2 Å². The lowest BCUT2D eigenvalue weighted by atomic mass is 10.1. The molecule has 4 aromatic rings. The van der Waals surface area contributed by atoms with Gasteiger partial charge in [0.15, 0.2) is 0 Å². The summed E-state index contributed by atoms with van der Waals surface area (Å²) in [5.41, 5.74) is 0.708. The van der Waals surface area contributed by atoms with Gasteiger partial charge in [0, 0.05) is 5.56 Å². The van der Waals surface area contributed by atoms with Gasteiger partial charge in [0.05, 0.1) is 23.7 Å². The van der Waals surface area contributed by atoms with Crippen LogP contribution in [-0.2, 0) is 6.18 Å². The van der Waals surface area contributed by atoms with Crippen LogP contribution in [0.5, 0.6) is 17.4 Å². The molecule has 3 aromatic carbocycles. The zero-order valence-electron chi connectivity index (χ0n) is 15.3. The summed E-state index contributed by atoms with van der Waals surface area (Å²) in [6.07, 6.45) is -4.46. The molecule has 29 heavy (non-hydrogen) atoms. The fourth-order valence-electron chi connectivity index (χ4n) is 2.83. The predicted octanol–water partition coefficient (Wildman–Crippen LogP) is 6.12. The third-order valence-corrected chi connectivity index (χ3v) is 4.28. The van der Waals surface area contributed by atoms with E-state index in [1.807, 2.05) is 18.2 Å². The van der Waals surface area contributed by atoms with E-state index in [1.54, 1.807) is 43.5 Å². The normalized spacial score (nSPS) is 11.4. The van der Waals surface area contributed by atoms with Crippen LogP contribution in [0.1, 0.15) is 5.56 Å². The van der Waals surface area contributed by atoms with Crippen molar-refractivity contribution in [3.63, 3.8) is 0 Å². The average molecular weight is 396 g/mol. The Morgan fingerprint density at radius 3 is 2.10 bits per heavy atom. The molecule has 7 heteroatoms. The van der Waals surface area contributed by atoms with E-state index < -0.39 is 11.7 Å². The van der Waals surface area contributed by atoms with Crippen LogP contribution in [-0.4, -0.2) is 17.1 Å². The van der Waals surface area contributed by atoms with E-state index in [2.05, 4.69) is 9.97 Å². The molecule has 0 unspecified atom stereocenters. The van der Waals surface area contributed by atoms with Gasteiger partial charge in [0.2, 0.25) is 5.88 Å². The molecule has 1 heterocycles. The van der Waals surface area contributed by atoms with Gasteiger partial charge in [-0.15, -0.1) is 0 Å². The summed E-state index contributed by atoms with van der Waals surface area (Å²) in [5, 5.41) is 0. The van der Waals surface area contributed by atoms with E-state index in [-0.39, 0.29) is 11.4 Å². The lowest BCUT2D eigenvalue weighted by molar-refractivity contribution is -0.137. The molecule has 0 bridgehead atoms. The Morgan fingerprint density at radius 1 is 0.759 bits per heavy atom. The van der Waals surface area contributed by atoms with Crippen molar-refractivity contribution in [2.75, 3.05) is 7.11 Å². The second kappa shape index (κ2) is 7.43. The highest BCUT2D eigenvalue weighted by Gasteiger charge is 2.31. The Bertz CT molecular complexity index is 1140. The molecular formula is C22H15F3N2O2. The second-order valence-electron chi connectivity index (χ2n) is 6.22. The molecule has 0 saturated carbocycles. The van der Waals surface area contributed by atoms with Gasteiger partial charge >= 0.3 is 6.18 Å². The zero-order valence-corrected chi connectivity index (χ0v) is 15.3. The van der Waals surface area contributed by atoms with Crippen molar-refractivity contribution in [3.05, 3.63) is 78.4 Å². The minimum absolute atomic E-state index is 0.140. The maximum atomic E-state index is 13.1. The van der Waals surface area contributed by atoms with Crippen molar-refractivity contribution in [3.8, 4) is 28.6 Å².